The largest absolute Gasteiger partial charge is 0.370 e. The van der Waals surface area contributed by atoms with Crippen LogP contribution in [0.4, 0.5) is 0 Å². The second kappa shape index (κ2) is 3.67. The summed E-state index contributed by atoms with van der Waals surface area (Å²) in [5, 5.41) is 0. The first-order valence-corrected chi connectivity index (χ1v) is 3.95. The molecule has 0 aliphatic heterocycles. The minimum atomic E-state index is -0.428. The number of hydrogen-bond acceptors (Lipinski definition) is 2. The van der Waals surface area contributed by atoms with Crippen LogP contribution in [0.1, 0.15) is 6.92 Å². The molecule has 1 atom stereocenters. The molecular weight excluding hydrogens is 193 g/mol. The van der Waals surface area contributed by atoms with Gasteiger partial charge in [0.25, 0.3) is 0 Å². The summed E-state index contributed by atoms with van der Waals surface area (Å²) >= 11 is -0.428. The molecule has 0 aromatic heterocycles. The normalized spacial score (nSPS) is 14.3. The number of rotatable bonds is 2. The van der Waals surface area contributed by atoms with Crippen molar-refractivity contribution in [2.75, 3.05) is 7.11 Å². The van der Waals surface area contributed by atoms with Crippen molar-refractivity contribution in [3.63, 3.8) is 0 Å². The summed E-state index contributed by atoms with van der Waals surface area (Å²) in [5.41, 5.74) is 0. The molecule has 0 rings (SSSR count). The third-order valence-corrected chi connectivity index (χ3v) is 1.86. The van der Waals surface area contributed by atoms with Crippen molar-refractivity contribution in [1.82, 2.24) is 0 Å². The van der Waals surface area contributed by atoms with E-state index in [-0.39, 0.29) is 4.11 Å². The molecule has 0 spiro atoms. The highest BCUT2D eigenvalue weighted by Crippen LogP contribution is 2.04. The topological polar surface area (TPSA) is 33.1 Å². The molecule has 0 saturated heterocycles. The highest BCUT2D eigenvalue weighted by Gasteiger charge is 1.86. The van der Waals surface area contributed by atoms with Gasteiger partial charge in [-0.2, -0.15) is 0 Å². The summed E-state index contributed by atoms with van der Waals surface area (Å²) in [5.74, 6) is 0. The second-order valence-electron chi connectivity index (χ2n) is 0.888. The van der Waals surface area contributed by atoms with E-state index in [4.69, 9.17) is 8.30 Å². The average molecular weight is 201 g/mol. The van der Waals surface area contributed by atoms with Gasteiger partial charge in [0.15, 0.2) is 0 Å². The van der Waals surface area contributed by atoms with E-state index in [1.165, 1.54) is 0 Å². The minimum Gasteiger partial charge on any atom is -0.370 e. The van der Waals surface area contributed by atoms with E-state index in [0.717, 1.165) is 0 Å². The van der Waals surface area contributed by atoms with Gasteiger partial charge in [-0.05, 0) is 6.92 Å². The lowest BCUT2D eigenvalue weighted by atomic mass is 10.9. The number of methoxy groups -OCH3 is 1. The zero-order chi connectivity index (χ0) is 4.99. The summed E-state index contributed by atoms with van der Waals surface area (Å²) < 4.78 is 11.8. The number of ether oxygens (including phenoxy) is 1. The predicted molar refractivity (Wildman–Crippen MR) is 33.2 cm³/mol. The SMILES string of the molecule is COC(C)I=N. The summed E-state index contributed by atoms with van der Waals surface area (Å²) in [7, 11) is 1.64. The Kier molecular flexibility index (Phi) is 3.97. The number of halogens is 1. The fourth-order valence-electron chi connectivity index (χ4n) is 0.0445. The van der Waals surface area contributed by atoms with Crippen LogP contribution in [0.3, 0.4) is 0 Å². The highest BCUT2D eigenvalue weighted by atomic mass is 127. The summed E-state index contributed by atoms with van der Waals surface area (Å²) in [6.07, 6.45) is 0. The summed E-state index contributed by atoms with van der Waals surface area (Å²) in [4.78, 5) is 0. The van der Waals surface area contributed by atoms with Gasteiger partial charge in [0.2, 0.25) is 0 Å². The number of nitrogens with one attached hydrogen (secondary N) is 1. The first-order valence-electron chi connectivity index (χ1n) is 1.63. The summed E-state index contributed by atoms with van der Waals surface area (Å²) in [6, 6.07) is 0. The van der Waals surface area contributed by atoms with Crippen LogP contribution in [0.15, 0.2) is 0 Å². The molecule has 0 fully saturated rings. The van der Waals surface area contributed by atoms with Crippen molar-refractivity contribution in [3.8, 4) is 0 Å². The Morgan fingerprint density at radius 2 is 2.33 bits per heavy atom. The molecule has 0 aliphatic carbocycles. The van der Waals surface area contributed by atoms with Gasteiger partial charge < -0.3 is 4.74 Å². The Morgan fingerprint density at radius 3 is 2.33 bits per heavy atom. The molecule has 6 heavy (non-hydrogen) atoms. The molecule has 3 heteroatoms. The van der Waals surface area contributed by atoms with Gasteiger partial charge in [0, 0.05) is 28.1 Å². The molecule has 0 aromatic rings. The van der Waals surface area contributed by atoms with Gasteiger partial charge in [-0.3, -0.25) is 3.56 Å². The molecule has 0 heterocycles. The van der Waals surface area contributed by atoms with E-state index in [0.29, 0.717) is 0 Å². The zero-order valence-electron chi connectivity index (χ0n) is 3.86. The molecule has 0 saturated carbocycles. The van der Waals surface area contributed by atoms with Crippen LogP contribution >= 0.6 is 21.0 Å². The fourth-order valence-corrected chi connectivity index (χ4v) is 0.299. The lowest BCUT2D eigenvalue weighted by Gasteiger charge is -1.94. The van der Waals surface area contributed by atoms with Gasteiger partial charge in [0.05, 0.1) is 0 Å². The van der Waals surface area contributed by atoms with Crippen LogP contribution in [0.25, 0.3) is 0 Å². The van der Waals surface area contributed by atoms with Gasteiger partial charge in [-0.15, -0.1) is 0 Å². The van der Waals surface area contributed by atoms with Crippen LogP contribution in [-0.4, -0.2) is 11.2 Å². The molecule has 38 valence electrons. The third-order valence-electron chi connectivity index (χ3n) is 0.478. The van der Waals surface area contributed by atoms with Crippen molar-refractivity contribution in [2.45, 2.75) is 11.0 Å². The molecule has 0 aromatic carbocycles. The van der Waals surface area contributed by atoms with E-state index < -0.39 is 21.0 Å². The smallest absolute Gasteiger partial charge is 0.116 e. The molecule has 0 amide bonds. The van der Waals surface area contributed by atoms with Gasteiger partial charge in [-0.25, -0.2) is 0 Å². The average Bonchev–Trinajstić information content (AvgIpc) is 1.65. The fraction of sp³-hybridized carbons (Fsp3) is 1.00. The van der Waals surface area contributed by atoms with Crippen molar-refractivity contribution in [2.24, 2.45) is 0 Å². The summed E-state index contributed by atoms with van der Waals surface area (Å²) in [6.45, 7) is 1.92. The van der Waals surface area contributed by atoms with Crippen LogP contribution in [0.5, 0.6) is 0 Å². The second-order valence-corrected chi connectivity index (χ2v) is 3.26. The molecule has 0 bridgehead atoms. The molecule has 0 aliphatic rings. The third kappa shape index (κ3) is 2.71. The van der Waals surface area contributed by atoms with Crippen LogP contribution in [0.2, 0.25) is 0 Å². The first-order chi connectivity index (χ1) is 2.81. The van der Waals surface area contributed by atoms with E-state index in [2.05, 4.69) is 0 Å². The van der Waals surface area contributed by atoms with Crippen molar-refractivity contribution < 1.29 is 4.74 Å². The van der Waals surface area contributed by atoms with E-state index in [9.17, 15) is 0 Å². The lowest BCUT2D eigenvalue weighted by molar-refractivity contribution is 0.200. The molecule has 1 N–H and O–H groups in total. The Labute approximate surface area is 47.8 Å². The van der Waals surface area contributed by atoms with Crippen LogP contribution < -0.4 is 0 Å². The van der Waals surface area contributed by atoms with Crippen molar-refractivity contribution in [3.05, 3.63) is 0 Å². The maximum Gasteiger partial charge on any atom is 0.116 e. The first kappa shape index (κ1) is 6.49. The highest BCUT2D eigenvalue weighted by molar-refractivity contribution is 14.1. The molecule has 0 radical (unpaired) electrons. The van der Waals surface area contributed by atoms with Crippen molar-refractivity contribution >= 4 is 21.0 Å². The Morgan fingerprint density at radius 1 is 1.83 bits per heavy atom. The van der Waals surface area contributed by atoms with E-state index >= 15 is 0 Å². The quantitative estimate of drug-likeness (QED) is 0.535. The van der Waals surface area contributed by atoms with Gasteiger partial charge in [-0.1, -0.05) is 0 Å². The van der Waals surface area contributed by atoms with E-state index in [1.807, 2.05) is 6.92 Å². The zero-order valence-corrected chi connectivity index (χ0v) is 6.02. The monoisotopic (exact) mass is 201 g/mol. The Balaban J connectivity index is 2.96. The van der Waals surface area contributed by atoms with Crippen LogP contribution in [-0.2, 0) is 4.74 Å². The molecule has 1 unspecified atom stereocenters. The maximum atomic E-state index is 6.79. The number of alkyl halides is 1. The van der Waals surface area contributed by atoms with Gasteiger partial charge in [0.1, 0.15) is 4.11 Å². The Bertz CT molecular complexity index is 48.1. The van der Waals surface area contributed by atoms with Gasteiger partial charge >= 0.3 is 0 Å². The predicted octanol–water partition coefficient (Wildman–Crippen LogP) is 1.71. The maximum absolute atomic E-state index is 6.79. The molecule has 2 nitrogen and oxygen atoms in total. The standard InChI is InChI=1S/C3H8INO/c1-3(4-5)6-2/h3,5H,1-2H3. The van der Waals surface area contributed by atoms with Crippen LogP contribution in [0, 0.1) is 3.56 Å². The van der Waals surface area contributed by atoms with E-state index in [1.54, 1.807) is 7.11 Å². The molecular formula is C3H8INO. The lowest BCUT2D eigenvalue weighted by Crippen LogP contribution is -1.90. The van der Waals surface area contributed by atoms with Crippen molar-refractivity contribution in [1.29, 1.82) is 3.56 Å². The minimum absolute atomic E-state index is 0.212. The number of hydrogen-bond donors (Lipinski definition) is 1. The Hall–Kier alpha value is 0.490.